The van der Waals surface area contributed by atoms with Crippen molar-refractivity contribution in [3.8, 4) is 5.75 Å². The van der Waals surface area contributed by atoms with Crippen LogP contribution in [0.5, 0.6) is 5.75 Å². The van der Waals surface area contributed by atoms with E-state index < -0.39 is 0 Å². The van der Waals surface area contributed by atoms with Gasteiger partial charge in [0.25, 0.3) is 0 Å². The minimum Gasteiger partial charge on any atom is -0.489 e. The molecule has 0 radical (unpaired) electrons. The summed E-state index contributed by atoms with van der Waals surface area (Å²) in [5.41, 5.74) is 3.81. The van der Waals surface area contributed by atoms with Gasteiger partial charge in [-0.3, -0.25) is 4.79 Å². The second kappa shape index (κ2) is 8.97. The van der Waals surface area contributed by atoms with Crippen molar-refractivity contribution >= 4 is 18.3 Å². The quantitative estimate of drug-likeness (QED) is 0.770. The first kappa shape index (κ1) is 20.7. The van der Waals surface area contributed by atoms with E-state index in [2.05, 4.69) is 35.8 Å². The Morgan fingerprint density at radius 1 is 1.14 bits per heavy atom. The highest BCUT2D eigenvalue weighted by molar-refractivity contribution is 5.85. The van der Waals surface area contributed by atoms with Crippen molar-refractivity contribution in [1.29, 1.82) is 0 Å². The minimum atomic E-state index is 0. The number of benzene rings is 2. The van der Waals surface area contributed by atoms with Gasteiger partial charge in [-0.1, -0.05) is 42.0 Å². The lowest BCUT2D eigenvalue weighted by Gasteiger charge is -2.23. The van der Waals surface area contributed by atoms with Crippen LogP contribution in [0.1, 0.15) is 36.0 Å². The van der Waals surface area contributed by atoms with Crippen molar-refractivity contribution in [3.63, 3.8) is 0 Å². The molecule has 0 bridgehead atoms. The van der Waals surface area contributed by atoms with Gasteiger partial charge in [-0.05, 0) is 68.0 Å². The average Bonchev–Trinajstić information content (AvgIpc) is 3.39. The maximum Gasteiger partial charge on any atom is 0.223 e. The molecule has 4 nitrogen and oxygen atoms in total. The zero-order valence-corrected chi connectivity index (χ0v) is 17.2. The molecule has 1 unspecified atom stereocenters. The topological polar surface area (TPSA) is 50.4 Å². The number of piperidine rings is 1. The van der Waals surface area contributed by atoms with Crippen LogP contribution in [0, 0.1) is 18.3 Å². The summed E-state index contributed by atoms with van der Waals surface area (Å²) in [5, 5.41) is 6.50. The molecule has 150 valence electrons. The lowest BCUT2D eigenvalue weighted by Crippen LogP contribution is -2.33. The Balaban J connectivity index is 0.00000225. The van der Waals surface area contributed by atoms with Gasteiger partial charge in [0.05, 0.1) is 0 Å². The summed E-state index contributed by atoms with van der Waals surface area (Å²) in [7, 11) is 0. The van der Waals surface area contributed by atoms with E-state index in [4.69, 9.17) is 4.74 Å². The molecule has 2 aliphatic rings. The van der Waals surface area contributed by atoms with Crippen molar-refractivity contribution in [2.45, 2.75) is 39.3 Å². The molecule has 28 heavy (non-hydrogen) atoms. The van der Waals surface area contributed by atoms with Crippen molar-refractivity contribution in [2.75, 3.05) is 13.1 Å². The predicted molar refractivity (Wildman–Crippen MR) is 114 cm³/mol. The first-order valence-electron chi connectivity index (χ1n) is 9.90. The number of carbonyl (C=O) groups excluding carboxylic acids is 1. The Bertz CT molecular complexity index is 801. The summed E-state index contributed by atoms with van der Waals surface area (Å²) >= 11 is 0. The molecule has 5 heteroatoms. The van der Waals surface area contributed by atoms with Gasteiger partial charge in [-0.25, -0.2) is 0 Å². The highest BCUT2D eigenvalue weighted by Gasteiger charge is 2.57. The number of amides is 1. The fourth-order valence-corrected chi connectivity index (χ4v) is 4.18. The van der Waals surface area contributed by atoms with Crippen molar-refractivity contribution in [1.82, 2.24) is 10.6 Å². The van der Waals surface area contributed by atoms with Gasteiger partial charge in [-0.15, -0.1) is 12.4 Å². The molecule has 1 spiro atoms. The summed E-state index contributed by atoms with van der Waals surface area (Å²) in [5.74, 6) is 1.29. The van der Waals surface area contributed by atoms with Gasteiger partial charge in [0.1, 0.15) is 12.4 Å². The molecule has 1 atom stereocenters. The molecule has 4 rings (SSSR count). The molecule has 1 saturated heterocycles. The Kier molecular flexibility index (Phi) is 6.63. The largest absolute Gasteiger partial charge is 0.489 e. The lowest BCUT2D eigenvalue weighted by molar-refractivity contribution is -0.123. The van der Waals surface area contributed by atoms with Crippen LogP contribution >= 0.6 is 12.4 Å². The van der Waals surface area contributed by atoms with E-state index in [0.29, 0.717) is 18.6 Å². The van der Waals surface area contributed by atoms with Crippen LogP contribution in [-0.2, 0) is 17.9 Å². The van der Waals surface area contributed by atoms with E-state index in [1.807, 2.05) is 30.3 Å². The number of aryl methyl sites for hydroxylation is 1. The molecular formula is C23H29ClN2O2. The van der Waals surface area contributed by atoms with Crippen LogP contribution in [-0.4, -0.2) is 19.0 Å². The molecule has 1 heterocycles. The van der Waals surface area contributed by atoms with E-state index in [-0.39, 0.29) is 24.2 Å². The number of carbonyl (C=O) groups is 1. The number of rotatable bonds is 6. The molecule has 1 amide bonds. The van der Waals surface area contributed by atoms with Crippen LogP contribution < -0.4 is 15.4 Å². The van der Waals surface area contributed by atoms with Crippen LogP contribution in [0.4, 0.5) is 0 Å². The Labute approximate surface area is 173 Å². The minimum absolute atomic E-state index is 0. The lowest BCUT2D eigenvalue weighted by atomic mass is 9.92. The first-order valence-corrected chi connectivity index (χ1v) is 9.90. The third-order valence-corrected chi connectivity index (χ3v) is 5.98. The summed E-state index contributed by atoms with van der Waals surface area (Å²) in [6.07, 6.45) is 3.34. The molecule has 1 aliphatic carbocycles. The van der Waals surface area contributed by atoms with Gasteiger partial charge < -0.3 is 15.4 Å². The van der Waals surface area contributed by atoms with E-state index in [1.165, 1.54) is 11.1 Å². The third-order valence-electron chi connectivity index (χ3n) is 5.98. The molecule has 2 fully saturated rings. The van der Waals surface area contributed by atoms with Crippen LogP contribution in [0.3, 0.4) is 0 Å². The van der Waals surface area contributed by atoms with Gasteiger partial charge in [0, 0.05) is 12.5 Å². The second-order valence-corrected chi connectivity index (χ2v) is 8.01. The number of hydrogen-bond donors (Lipinski definition) is 2. The number of hydrogen-bond acceptors (Lipinski definition) is 3. The SMILES string of the molecule is Cc1cccc(COc2ccc(CNC(=O)C3CC34CCNCC4)cc2)c1.Cl. The summed E-state index contributed by atoms with van der Waals surface area (Å²) in [6.45, 7) is 5.33. The summed E-state index contributed by atoms with van der Waals surface area (Å²) in [4.78, 5) is 12.4. The third kappa shape index (κ3) is 4.86. The molecule has 2 aromatic rings. The first-order chi connectivity index (χ1) is 13.1. The molecule has 1 saturated carbocycles. The zero-order valence-electron chi connectivity index (χ0n) is 16.4. The number of nitrogens with one attached hydrogen (secondary N) is 2. The number of ether oxygens (including phenoxy) is 1. The molecule has 0 aromatic heterocycles. The summed E-state index contributed by atoms with van der Waals surface area (Å²) < 4.78 is 5.86. The van der Waals surface area contributed by atoms with E-state index in [9.17, 15) is 4.79 Å². The van der Waals surface area contributed by atoms with Crippen LogP contribution in [0.2, 0.25) is 0 Å². The van der Waals surface area contributed by atoms with Gasteiger partial charge in [0.2, 0.25) is 5.91 Å². The Hall–Kier alpha value is -2.04. The standard InChI is InChI=1S/C23H28N2O2.ClH/c1-17-3-2-4-19(13-17)16-27-20-7-5-18(6-8-20)15-25-22(26)21-14-23(21)9-11-24-12-10-23;/h2-8,13,21,24H,9-12,14-16H2,1H3,(H,25,26);1H. The van der Waals surface area contributed by atoms with Gasteiger partial charge in [-0.2, -0.15) is 0 Å². The molecular weight excluding hydrogens is 372 g/mol. The number of halogens is 1. The van der Waals surface area contributed by atoms with E-state index >= 15 is 0 Å². The zero-order chi connectivity index (χ0) is 18.7. The van der Waals surface area contributed by atoms with Gasteiger partial charge in [0.15, 0.2) is 0 Å². The van der Waals surface area contributed by atoms with Crippen LogP contribution in [0.25, 0.3) is 0 Å². The second-order valence-electron chi connectivity index (χ2n) is 8.01. The highest BCUT2D eigenvalue weighted by Crippen LogP contribution is 2.58. The van der Waals surface area contributed by atoms with Crippen molar-refractivity contribution < 1.29 is 9.53 Å². The Morgan fingerprint density at radius 2 is 1.89 bits per heavy atom. The molecule has 1 aliphatic heterocycles. The van der Waals surface area contributed by atoms with Crippen molar-refractivity contribution in [3.05, 3.63) is 65.2 Å². The highest BCUT2D eigenvalue weighted by atomic mass is 35.5. The molecule has 2 N–H and O–H groups in total. The summed E-state index contributed by atoms with van der Waals surface area (Å²) in [6, 6.07) is 16.3. The predicted octanol–water partition coefficient (Wildman–Crippen LogP) is 4.00. The maximum atomic E-state index is 12.4. The van der Waals surface area contributed by atoms with Crippen molar-refractivity contribution in [2.24, 2.45) is 11.3 Å². The fraction of sp³-hybridized carbons (Fsp3) is 0.435. The normalized spacial score (nSPS) is 19.5. The van der Waals surface area contributed by atoms with Gasteiger partial charge >= 0.3 is 0 Å². The smallest absolute Gasteiger partial charge is 0.223 e. The monoisotopic (exact) mass is 400 g/mol. The Morgan fingerprint density at radius 3 is 2.61 bits per heavy atom. The van der Waals surface area contributed by atoms with Crippen LogP contribution in [0.15, 0.2) is 48.5 Å². The fourth-order valence-electron chi connectivity index (χ4n) is 4.18. The molecule has 2 aromatic carbocycles. The average molecular weight is 401 g/mol. The maximum absolute atomic E-state index is 12.4. The van der Waals surface area contributed by atoms with E-state index in [1.54, 1.807) is 0 Å². The van der Waals surface area contributed by atoms with E-state index in [0.717, 1.165) is 43.7 Å².